The zero-order chi connectivity index (χ0) is 18.7. The zero-order valence-corrected chi connectivity index (χ0v) is 15.3. The highest BCUT2D eigenvalue weighted by Crippen LogP contribution is 2.28. The van der Waals surface area contributed by atoms with Gasteiger partial charge in [0, 0.05) is 31.1 Å². The molecule has 0 aliphatic carbocycles. The van der Waals surface area contributed by atoms with Crippen molar-refractivity contribution in [2.75, 3.05) is 13.1 Å². The monoisotopic (exact) mass is 355 g/mol. The van der Waals surface area contributed by atoms with Gasteiger partial charge >= 0.3 is 5.97 Å². The second-order valence-corrected chi connectivity index (χ2v) is 7.02. The SMILES string of the molecule is Cc1n[nH]c(C)c1CCC(=O)N1CCC[C@@H](c2cccc(C(=O)O)c2)C1. The van der Waals surface area contributed by atoms with E-state index in [0.29, 0.717) is 24.9 Å². The number of carboxylic acid groups (broad SMARTS) is 1. The van der Waals surface area contributed by atoms with Gasteiger partial charge in [-0.15, -0.1) is 0 Å². The third kappa shape index (κ3) is 3.95. The van der Waals surface area contributed by atoms with Crippen molar-refractivity contribution in [1.82, 2.24) is 15.1 Å². The molecule has 1 fully saturated rings. The number of carboxylic acids is 1. The number of rotatable bonds is 5. The first-order valence-corrected chi connectivity index (χ1v) is 9.07. The number of H-pyrrole nitrogens is 1. The van der Waals surface area contributed by atoms with E-state index in [1.165, 1.54) is 0 Å². The smallest absolute Gasteiger partial charge is 0.335 e. The molecule has 3 rings (SSSR count). The summed E-state index contributed by atoms with van der Waals surface area (Å²) in [5.41, 5.74) is 4.41. The molecule has 2 heterocycles. The average molecular weight is 355 g/mol. The molecule has 1 aromatic carbocycles. The summed E-state index contributed by atoms with van der Waals surface area (Å²) in [6.07, 6.45) is 3.09. The summed E-state index contributed by atoms with van der Waals surface area (Å²) in [7, 11) is 0. The molecule has 2 N–H and O–H groups in total. The van der Waals surface area contributed by atoms with Crippen molar-refractivity contribution in [3.05, 3.63) is 52.3 Å². The van der Waals surface area contributed by atoms with E-state index in [1.807, 2.05) is 24.8 Å². The Balaban J connectivity index is 1.63. The van der Waals surface area contributed by atoms with Gasteiger partial charge in [0.15, 0.2) is 0 Å². The van der Waals surface area contributed by atoms with Crippen molar-refractivity contribution in [3.8, 4) is 0 Å². The maximum Gasteiger partial charge on any atom is 0.335 e. The number of piperidine rings is 1. The van der Waals surface area contributed by atoms with E-state index in [2.05, 4.69) is 10.2 Å². The van der Waals surface area contributed by atoms with E-state index < -0.39 is 5.97 Å². The van der Waals surface area contributed by atoms with Crippen LogP contribution in [0.2, 0.25) is 0 Å². The van der Waals surface area contributed by atoms with E-state index in [0.717, 1.165) is 41.9 Å². The molecule has 0 bridgehead atoms. The maximum absolute atomic E-state index is 12.7. The number of likely N-dealkylation sites (tertiary alicyclic amines) is 1. The molecule has 1 aliphatic heterocycles. The van der Waals surface area contributed by atoms with Crippen LogP contribution in [0.25, 0.3) is 0 Å². The minimum Gasteiger partial charge on any atom is -0.478 e. The standard InChI is InChI=1S/C20H25N3O3/c1-13-18(14(2)22-21-13)8-9-19(24)23-10-4-7-17(12-23)15-5-3-6-16(11-15)20(25)26/h3,5-6,11,17H,4,7-10,12H2,1-2H3,(H,21,22)(H,25,26)/t17-/m1/s1. The highest BCUT2D eigenvalue weighted by molar-refractivity contribution is 5.87. The van der Waals surface area contributed by atoms with E-state index in [1.54, 1.807) is 18.2 Å². The molecule has 1 aromatic heterocycles. The molecule has 6 nitrogen and oxygen atoms in total. The van der Waals surface area contributed by atoms with Crippen molar-refractivity contribution >= 4 is 11.9 Å². The maximum atomic E-state index is 12.7. The van der Waals surface area contributed by atoms with Crippen LogP contribution in [0, 0.1) is 13.8 Å². The molecular weight excluding hydrogens is 330 g/mol. The van der Waals surface area contributed by atoms with Gasteiger partial charge in [0.05, 0.1) is 11.3 Å². The summed E-state index contributed by atoms with van der Waals surface area (Å²) in [5, 5.41) is 16.3. The molecule has 1 aliphatic rings. The van der Waals surface area contributed by atoms with E-state index >= 15 is 0 Å². The minimum atomic E-state index is -0.915. The van der Waals surface area contributed by atoms with Crippen molar-refractivity contribution in [1.29, 1.82) is 0 Å². The number of benzene rings is 1. The molecule has 0 unspecified atom stereocenters. The largest absolute Gasteiger partial charge is 0.478 e. The van der Waals surface area contributed by atoms with Crippen LogP contribution in [0.5, 0.6) is 0 Å². The highest BCUT2D eigenvalue weighted by atomic mass is 16.4. The van der Waals surface area contributed by atoms with Crippen LogP contribution in [0.4, 0.5) is 0 Å². The van der Waals surface area contributed by atoms with Crippen molar-refractivity contribution in [2.45, 2.75) is 45.4 Å². The number of aromatic nitrogens is 2. The number of hydrogen-bond donors (Lipinski definition) is 2. The normalized spacial score (nSPS) is 17.3. The number of amides is 1. The third-order valence-electron chi connectivity index (χ3n) is 5.25. The molecule has 0 spiro atoms. The highest BCUT2D eigenvalue weighted by Gasteiger charge is 2.25. The number of carbonyl (C=O) groups is 2. The van der Waals surface area contributed by atoms with Crippen LogP contribution in [0.15, 0.2) is 24.3 Å². The van der Waals surface area contributed by atoms with Gasteiger partial charge in [-0.2, -0.15) is 5.10 Å². The Morgan fingerprint density at radius 1 is 1.35 bits per heavy atom. The molecule has 0 radical (unpaired) electrons. The van der Waals surface area contributed by atoms with E-state index in [4.69, 9.17) is 0 Å². The summed E-state index contributed by atoms with van der Waals surface area (Å²) in [5.74, 6) is -0.560. The van der Waals surface area contributed by atoms with Gasteiger partial charge in [-0.3, -0.25) is 9.89 Å². The van der Waals surface area contributed by atoms with Gasteiger partial charge in [0.25, 0.3) is 0 Å². The van der Waals surface area contributed by atoms with Gasteiger partial charge in [0.2, 0.25) is 5.91 Å². The van der Waals surface area contributed by atoms with Crippen molar-refractivity contribution < 1.29 is 14.7 Å². The number of hydrogen-bond acceptors (Lipinski definition) is 3. The lowest BCUT2D eigenvalue weighted by molar-refractivity contribution is -0.132. The first-order chi connectivity index (χ1) is 12.5. The summed E-state index contributed by atoms with van der Waals surface area (Å²) in [6.45, 7) is 5.37. The molecule has 138 valence electrons. The van der Waals surface area contributed by atoms with Crippen LogP contribution in [0.3, 0.4) is 0 Å². The van der Waals surface area contributed by atoms with E-state index in [9.17, 15) is 14.7 Å². The quantitative estimate of drug-likeness (QED) is 0.863. The number of aromatic carboxylic acids is 1. The Morgan fingerprint density at radius 2 is 2.15 bits per heavy atom. The second kappa shape index (κ2) is 7.72. The topological polar surface area (TPSA) is 86.3 Å². The van der Waals surface area contributed by atoms with Gasteiger partial charge in [-0.25, -0.2) is 4.79 Å². The molecular formula is C20H25N3O3. The van der Waals surface area contributed by atoms with Crippen LogP contribution in [-0.2, 0) is 11.2 Å². The third-order valence-corrected chi connectivity index (χ3v) is 5.25. The predicted molar refractivity (Wildman–Crippen MR) is 98.3 cm³/mol. The van der Waals surface area contributed by atoms with Crippen LogP contribution < -0.4 is 0 Å². The number of aromatic amines is 1. The number of nitrogens with one attached hydrogen (secondary N) is 1. The Kier molecular flexibility index (Phi) is 5.40. The molecule has 0 saturated carbocycles. The fourth-order valence-electron chi connectivity index (χ4n) is 3.73. The number of carbonyl (C=O) groups excluding carboxylic acids is 1. The van der Waals surface area contributed by atoms with Gasteiger partial charge in [-0.05, 0) is 56.4 Å². The van der Waals surface area contributed by atoms with E-state index in [-0.39, 0.29) is 11.8 Å². The first-order valence-electron chi connectivity index (χ1n) is 9.07. The molecule has 1 amide bonds. The molecule has 1 atom stereocenters. The van der Waals surface area contributed by atoms with Crippen molar-refractivity contribution in [3.63, 3.8) is 0 Å². The van der Waals surface area contributed by atoms with Gasteiger partial charge in [-0.1, -0.05) is 12.1 Å². The lowest BCUT2D eigenvalue weighted by Gasteiger charge is -2.33. The number of nitrogens with zero attached hydrogens (tertiary/aromatic N) is 2. The van der Waals surface area contributed by atoms with Crippen LogP contribution >= 0.6 is 0 Å². The summed E-state index contributed by atoms with van der Waals surface area (Å²) >= 11 is 0. The van der Waals surface area contributed by atoms with Gasteiger partial charge in [0.1, 0.15) is 0 Å². The minimum absolute atomic E-state index is 0.157. The first kappa shape index (κ1) is 18.2. The fourth-order valence-corrected chi connectivity index (χ4v) is 3.73. The zero-order valence-electron chi connectivity index (χ0n) is 15.3. The Labute approximate surface area is 153 Å². The summed E-state index contributed by atoms with van der Waals surface area (Å²) in [6, 6.07) is 7.08. The molecule has 6 heteroatoms. The predicted octanol–water partition coefficient (Wildman–Crippen LogP) is 3.06. The fraction of sp³-hybridized carbons (Fsp3) is 0.450. The second-order valence-electron chi connectivity index (χ2n) is 7.02. The van der Waals surface area contributed by atoms with Crippen LogP contribution in [0.1, 0.15) is 58.1 Å². The Hall–Kier alpha value is -2.63. The molecule has 2 aromatic rings. The lowest BCUT2D eigenvalue weighted by Crippen LogP contribution is -2.39. The average Bonchev–Trinajstić information content (AvgIpc) is 2.97. The Bertz CT molecular complexity index is 793. The van der Waals surface area contributed by atoms with Crippen LogP contribution in [-0.4, -0.2) is 45.2 Å². The summed E-state index contributed by atoms with van der Waals surface area (Å²) < 4.78 is 0. The Morgan fingerprint density at radius 3 is 2.85 bits per heavy atom. The lowest BCUT2D eigenvalue weighted by atomic mass is 9.89. The molecule has 26 heavy (non-hydrogen) atoms. The molecule has 1 saturated heterocycles. The summed E-state index contributed by atoms with van der Waals surface area (Å²) in [4.78, 5) is 25.8. The number of aryl methyl sites for hydroxylation is 2. The van der Waals surface area contributed by atoms with Gasteiger partial charge < -0.3 is 10.0 Å². The van der Waals surface area contributed by atoms with Crippen molar-refractivity contribution in [2.24, 2.45) is 0 Å².